The molecule has 0 unspecified atom stereocenters. The summed E-state index contributed by atoms with van der Waals surface area (Å²) in [7, 11) is 0. The minimum absolute atomic E-state index is 0.0269. The van der Waals surface area contributed by atoms with Crippen LogP contribution in [0.15, 0.2) is 66.7 Å². The second kappa shape index (κ2) is 12.0. The van der Waals surface area contributed by atoms with Gasteiger partial charge in [0.1, 0.15) is 6.04 Å². The van der Waals surface area contributed by atoms with Crippen LogP contribution in [0.25, 0.3) is 0 Å². The molecule has 0 aromatic heterocycles. The van der Waals surface area contributed by atoms with Gasteiger partial charge in [0.2, 0.25) is 23.6 Å². The molecule has 0 spiro atoms. The van der Waals surface area contributed by atoms with Crippen LogP contribution in [0.2, 0.25) is 0 Å². The average Bonchev–Trinajstić information content (AvgIpc) is 3.15. The number of likely N-dealkylation sites (N-methyl/N-ethyl adjacent to an activating group) is 1. The zero-order valence-electron chi connectivity index (χ0n) is 21.6. The number of nitrogens with one attached hydrogen (secondary N) is 1. The van der Waals surface area contributed by atoms with Crippen molar-refractivity contribution in [1.29, 1.82) is 0 Å². The van der Waals surface area contributed by atoms with Crippen LogP contribution in [-0.4, -0.2) is 52.6 Å². The van der Waals surface area contributed by atoms with Crippen molar-refractivity contribution < 1.29 is 19.2 Å². The van der Waals surface area contributed by atoms with Gasteiger partial charge in [0.25, 0.3) is 0 Å². The van der Waals surface area contributed by atoms with Crippen molar-refractivity contribution in [2.24, 2.45) is 11.8 Å². The topological polar surface area (TPSA) is 86.8 Å². The maximum absolute atomic E-state index is 13.8. The summed E-state index contributed by atoms with van der Waals surface area (Å²) in [5, 5.41) is 2.89. The van der Waals surface area contributed by atoms with E-state index in [0.29, 0.717) is 25.8 Å². The van der Waals surface area contributed by atoms with E-state index in [-0.39, 0.29) is 55.0 Å². The van der Waals surface area contributed by atoms with E-state index in [2.05, 4.69) is 5.32 Å². The summed E-state index contributed by atoms with van der Waals surface area (Å²) in [5.41, 5.74) is 2.92. The Kier molecular flexibility index (Phi) is 8.54. The Morgan fingerprint density at radius 3 is 2.22 bits per heavy atom. The van der Waals surface area contributed by atoms with Crippen LogP contribution in [-0.2, 0) is 32.1 Å². The number of likely N-dealkylation sites (tertiary alicyclic amines) is 1. The molecule has 1 aliphatic heterocycles. The summed E-state index contributed by atoms with van der Waals surface area (Å²) in [6, 6.07) is 16.7. The standard InChI is InChI=1S/C30H35N3O4/c1-3-31-28(35)26(19-22-12-5-4-6-13-22)33(20-23-14-8-7-11-21(23)2)27(34)17-18-32-29(36)24-15-9-10-16-25(24)30(32)37/h4-14,24-26H,3,15-20H2,1-2H3,(H,31,35)/t24-,25+,26-/m0/s1. The molecule has 0 bridgehead atoms. The van der Waals surface area contributed by atoms with Crippen LogP contribution in [0, 0.1) is 18.8 Å². The Hall–Kier alpha value is -3.74. The minimum atomic E-state index is -0.730. The molecule has 0 saturated carbocycles. The second-order valence-electron chi connectivity index (χ2n) is 9.78. The van der Waals surface area contributed by atoms with Gasteiger partial charge in [-0.15, -0.1) is 0 Å². The van der Waals surface area contributed by atoms with Crippen LogP contribution in [0.1, 0.15) is 42.9 Å². The molecule has 2 aromatic carbocycles. The van der Waals surface area contributed by atoms with Crippen molar-refractivity contribution in [3.8, 4) is 0 Å². The third kappa shape index (κ3) is 5.98. The predicted molar refractivity (Wildman–Crippen MR) is 141 cm³/mol. The fourth-order valence-electron chi connectivity index (χ4n) is 5.26. The Morgan fingerprint density at radius 1 is 0.973 bits per heavy atom. The molecule has 4 amide bonds. The highest BCUT2D eigenvalue weighted by molar-refractivity contribution is 6.05. The molecule has 2 aliphatic rings. The number of benzene rings is 2. The van der Waals surface area contributed by atoms with Gasteiger partial charge in [-0.25, -0.2) is 0 Å². The molecule has 7 nitrogen and oxygen atoms in total. The number of carbonyl (C=O) groups is 4. The van der Waals surface area contributed by atoms with Crippen molar-refractivity contribution in [1.82, 2.24) is 15.1 Å². The number of allylic oxidation sites excluding steroid dienone is 2. The van der Waals surface area contributed by atoms with E-state index in [0.717, 1.165) is 16.7 Å². The van der Waals surface area contributed by atoms with Crippen molar-refractivity contribution in [3.63, 3.8) is 0 Å². The van der Waals surface area contributed by atoms with Gasteiger partial charge in [-0.2, -0.15) is 0 Å². The molecule has 1 saturated heterocycles. The summed E-state index contributed by atoms with van der Waals surface area (Å²) in [6.45, 7) is 4.57. The van der Waals surface area contributed by atoms with Crippen molar-refractivity contribution in [3.05, 3.63) is 83.4 Å². The van der Waals surface area contributed by atoms with Crippen molar-refractivity contribution in [2.45, 2.75) is 52.1 Å². The van der Waals surface area contributed by atoms with Crippen molar-refractivity contribution in [2.75, 3.05) is 13.1 Å². The molecule has 37 heavy (non-hydrogen) atoms. The highest BCUT2D eigenvalue weighted by Crippen LogP contribution is 2.35. The molecule has 2 aromatic rings. The van der Waals surface area contributed by atoms with E-state index >= 15 is 0 Å². The molecule has 1 aliphatic carbocycles. The maximum atomic E-state index is 13.8. The summed E-state index contributed by atoms with van der Waals surface area (Å²) in [4.78, 5) is 55.7. The number of imide groups is 1. The fourth-order valence-corrected chi connectivity index (χ4v) is 5.26. The lowest BCUT2D eigenvalue weighted by atomic mass is 9.85. The van der Waals surface area contributed by atoms with Gasteiger partial charge in [0.15, 0.2) is 0 Å². The quantitative estimate of drug-likeness (QED) is 0.399. The van der Waals surface area contributed by atoms with E-state index in [1.165, 1.54) is 4.90 Å². The fraction of sp³-hybridized carbons (Fsp3) is 0.400. The minimum Gasteiger partial charge on any atom is -0.355 e. The van der Waals surface area contributed by atoms with Gasteiger partial charge in [-0.05, 0) is 43.4 Å². The Bertz CT molecular complexity index is 1150. The number of rotatable bonds is 10. The summed E-state index contributed by atoms with van der Waals surface area (Å²) >= 11 is 0. The third-order valence-electron chi connectivity index (χ3n) is 7.37. The van der Waals surface area contributed by atoms with Gasteiger partial charge in [0.05, 0.1) is 11.8 Å². The number of hydrogen-bond acceptors (Lipinski definition) is 4. The highest BCUT2D eigenvalue weighted by atomic mass is 16.2. The van der Waals surface area contributed by atoms with Crippen molar-refractivity contribution >= 4 is 23.6 Å². The zero-order valence-corrected chi connectivity index (χ0v) is 21.6. The first-order valence-electron chi connectivity index (χ1n) is 13.1. The van der Waals surface area contributed by atoms with E-state index in [1.54, 1.807) is 4.90 Å². The van der Waals surface area contributed by atoms with E-state index in [4.69, 9.17) is 0 Å². The summed E-state index contributed by atoms with van der Waals surface area (Å²) in [6.07, 6.45) is 5.37. The molecule has 7 heteroatoms. The van der Waals surface area contributed by atoms with Crippen LogP contribution in [0.4, 0.5) is 0 Å². The molecular weight excluding hydrogens is 466 g/mol. The average molecular weight is 502 g/mol. The van der Waals surface area contributed by atoms with Gasteiger partial charge in [-0.1, -0.05) is 66.7 Å². The Labute approximate surface area is 218 Å². The van der Waals surface area contributed by atoms with Crippen LogP contribution < -0.4 is 5.32 Å². The maximum Gasteiger partial charge on any atom is 0.243 e. The first kappa shape index (κ1) is 26.3. The van der Waals surface area contributed by atoms with Crippen LogP contribution >= 0.6 is 0 Å². The lowest BCUT2D eigenvalue weighted by Gasteiger charge is -2.32. The third-order valence-corrected chi connectivity index (χ3v) is 7.37. The molecule has 1 N–H and O–H groups in total. The first-order valence-corrected chi connectivity index (χ1v) is 13.1. The molecular formula is C30H35N3O4. The first-order chi connectivity index (χ1) is 17.9. The number of hydrogen-bond donors (Lipinski definition) is 1. The van der Waals surface area contributed by atoms with E-state index < -0.39 is 6.04 Å². The smallest absolute Gasteiger partial charge is 0.243 e. The van der Waals surface area contributed by atoms with Gasteiger partial charge >= 0.3 is 0 Å². The largest absolute Gasteiger partial charge is 0.355 e. The molecule has 1 heterocycles. The van der Waals surface area contributed by atoms with Crippen LogP contribution in [0.3, 0.4) is 0 Å². The lowest BCUT2D eigenvalue weighted by molar-refractivity contribution is -0.144. The number of aryl methyl sites for hydroxylation is 1. The monoisotopic (exact) mass is 501 g/mol. The van der Waals surface area contributed by atoms with E-state index in [9.17, 15) is 19.2 Å². The number of fused-ring (bicyclic) bond motifs is 1. The lowest BCUT2D eigenvalue weighted by Crippen LogP contribution is -2.51. The normalized spacial score (nSPS) is 19.5. The Morgan fingerprint density at radius 2 is 1.59 bits per heavy atom. The zero-order chi connectivity index (χ0) is 26.4. The van der Waals surface area contributed by atoms with E-state index in [1.807, 2.05) is 80.6 Å². The number of carbonyl (C=O) groups excluding carboxylic acids is 4. The second-order valence-corrected chi connectivity index (χ2v) is 9.78. The SMILES string of the molecule is CCNC(=O)[C@H](Cc1ccccc1)N(Cc1ccccc1C)C(=O)CCN1C(=O)[C@H]2CC=CC[C@H]2C1=O. The summed E-state index contributed by atoms with van der Waals surface area (Å²) in [5.74, 6) is -1.51. The number of amides is 4. The Balaban J connectivity index is 1.58. The molecule has 3 atom stereocenters. The predicted octanol–water partition coefficient (Wildman–Crippen LogP) is 3.41. The molecule has 4 rings (SSSR count). The van der Waals surface area contributed by atoms with Gasteiger partial charge in [-0.3, -0.25) is 24.1 Å². The molecule has 194 valence electrons. The highest BCUT2D eigenvalue weighted by Gasteiger charge is 2.47. The molecule has 0 radical (unpaired) electrons. The molecule has 1 fully saturated rings. The van der Waals surface area contributed by atoms with Crippen LogP contribution in [0.5, 0.6) is 0 Å². The number of nitrogens with zero attached hydrogens (tertiary/aromatic N) is 2. The van der Waals surface area contributed by atoms with Gasteiger partial charge in [0, 0.05) is 32.5 Å². The summed E-state index contributed by atoms with van der Waals surface area (Å²) < 4.78 is 0. The van der Waals surface area contributed by atoms with Gasteiger partial charge < -0.3 is 10.2 Å².